The standard InChI is InChI=1S/C51H39NSi/c1-51(2)47-24-14-12-22-43(47)44-32-28-37(34-48(44)51)36-26-29-41(30-27-36)53(39-18-8-4-9-19-39,40-20-10-5-11-21-40)42-31-33-46-45-23-13-15-25-49(45)52(50(46)35-42)38-16-6-3-7-17-38/h3-35H,1-2H3. The Bertz CT molecular complexity index is 2740. The predicted molar refractivity (Wildman–Crippen MR) is 227 cm³/mol. The van der Waals surface area contributed by atoms with Crippen LogP contribution in [-0.4, -0.2) is 12.6 Å². The zero-order valence-electron chi connectivity index (χ0n) is 30.0. The summed E-state index contributed by atoms with van der Waals surface area (Å²) in [6.07, 6.45) is 0. The summed E-state index contributed by atoms with van der Waals surface area (Å²) >= 11 is 0. The monoisotopic (exact) mass is 693 g/mol. The van der Waals surface area contributed by atoms with E-state index in [-0.39, 0.29) is 5.41 Å². The Hall–Kier alpha value is -6.22. The molecule has 0 saturated heterocycles. The molecular formula is C51H39NSi. The van der Waals surface area contributed by atoms with Crippen LogP contribution in [0.4, 0.5) is 0 Å². The number of para-hydroxylation sites is 2. The lowest BCUT2D eigenvalue weighted by atomic mass is 9.81. The van der Waals surface area contributed by atoms with Crippen LogP contribution in [0, 0.1) is 0 Å². The maximum atomic E-state index is 2.50. The molecule has 0 unspecified atom stereocenters. The van der Waals surface area contributed by atoms with Crippen molar-refractivity contribution in [2.75, 3.05) is 0 Å². The first-order chi connectivity index (χ1) is 26.0. The molecule has 10 rings (SSSR count). The first-order valence-electron chi connectivity index (χ1n) is 18.6. The number of hydrogen-bond donors (Lipinski definition) is 0. The molecule has 2 heteroatoms. The summed E-state index contributed by atoms with van der Waals surface area (Å²) in [6, 6.07) is 74.9. The van der Waals surface area contributed by atoms with Gasteiger partial charge in [-0.1, -0.05) is 184 Å². The van der Waals surface area contributed by atoms with Gasteiger partial charge in [0, 0.05) is 21.9 Å². The van der Waals surface area contributed by atoms with E-state index in [0.29, 0.717) is 0 Å². The van der Waals surface area contributed by atoms with Crippen molar-refractivity contribution < 1.29 is 0 Å². The summed E-state index contributed by atoms with van der Waals surface area (Å²) in [4.78, 5) is 0. The third-order valence-electron chi connectivity index (χ3n) is 11.8. The topological polar surface area (TPSA) is 4.93 Å². The molecule has 0 fully saturated rings. The fourth-order valence-electron chi connectivity index (χ4n) is 9.23. The van der Waals surface area contributed by atoms with Gasteiger partial charge in [-0.15, -0.1) is 0 Å². The summed E-state index contributed by atoms with van der Waals surface area (Å²) in [5.41, 5.74) is 11.6. The molecule has 0 aliphatic heterocycles. The predicted octanol–water partition coefficient (Wildman–Crippen LogP) is 10.1. The fourth-order valence-corrected chi connectivity index (χ4v) is 14.0. The van der Waals surface area contributed by atoms with Crippen LogP contribution >= 0.6 is 0 Å². The number of aromatic nitrogens is 1. The molecule has 1 aromatic heterocycles. The highest BCUT2D eigenvalue weighted by Gasteiger charge is 2.42. The summed E-state index contributed by atoms with van der Waals surface area (Å²) in [7, 11) is -2.81. The second-order valence-electron chi connectivity index (χ2n) is 14.9. The number of nitrogens with zero attached hydrogens (tertiary/aromatic N) is 1. The minimum Gasteiger partial charge on any atom is -0.309 e. The summed E-state index contributed by atoms with van der Waals surface area (Å²) < 4.78 is 2.44. The number of hydrogen-bond acceptors (Lipinski definition) is 0. The van der Waals surface area contributed by atoms with Crippen LogP contribution < -0.4 is 20.7 Å². The van der Waals surface area contributed by atoms with Crippen molar-refractivity contribution in [3.05, 3.63) is 211 Å². The van der Waals surface area contributed by atoms with Gasteiger partial charge < -0.3 is 4.57 Å². The fraction of sp³-hybridized carbons (Fsp3) is 0.0588. The maximum Gasteiger partial charge on any atom is 0.179 e. The first-order valence-corrected chi connectivity index (χ1v) is 20.6. The molecule has 0 N–H and O–H groups in total. The van der Waals surface area contributed by atoms with Gasteiger partial charge in [0.2, 0.25) is 0 Å². The molecular weight excluding hydrogens is 655 g/mol. The van der Waals surface area contributed by atoms with E-state index in [1.165, 1.54) is 81.6 Å². The van der Waals surface area contributed by atoms with Crippen molar-refractivity contribution in [2.45, 2.75) is 19.3 Å². The SMILES string of the molecule is CC1(C)c2ccccc2-c2ccc(-c3ccc([Si](c4ccccc4)(c4ccccc4)c4ccc5c6ccccc6n(-c6ccccc6)c5c4)cc3)cc21. The first kappa shape index (κ1) is 31.5. The van der Waals surface area contributed by atoms with Gasteiger partial charge in [-0.05, 0) is 84.5 Å². The largest absolute Gasteiger partial charge is 0.309 e. The number of rotatable bonds is 6. The van der Waals surface area contributed by atoms with E-state index in [0.717, 1.165) is 0 Å². The zero-order valence-corrected chi connectivity index (χ0v) is 31.0. The second kappa shape index (κ2) is 12.2. The number of fused-ring (bicyclic) bond motifs is 6. The van der Waals surface area contributed by atoms with Crippen molar-refractivity contribution in [2.24, 2.45) is 0 Å². The van der Waals surface area contributed by atoms with E-state index in [9.17, 15) is 0 Å². The van der Waals surface area contributed by atoms with E-state index < -0.39 is 8.07 Å². The quantitative estimate of drug-likeness (QED) is 0.121. The van der Waals surface area contributed by atoms with E-state index in [2.05, 4.69) is 219 Å². The third kappa shape index (κ3) is 4.76. The molecule has 1 aliphatic carbocycles. The highest BCUT2D eigenvalue weighted by Crippen LogP contribution is 2.49. The van der Waals surface area contributed by atoms with Gasteiger partial charge in [0.1, 0.15) is 0 Å². The van der Waals surface area contributed by atoms with Gasteiger partial charge >= 0.3 is 0 Å². The molecule has 0 saturated carbocycles. The van der Waals surface area contributed by atoms with Crippen LogP contribution in [0.15, 0.2) is 200 Å². The van der Waals surface area contributed by atoms with Crippen LogP contribution in [0.5, 0.6) is 0 Å². The molecule has 53 heavy (non-hydrogen) atoms. The van der Waals surface area contributed by atoms with Crippen LogP contribution in [0.3, 0.4) is 0 Å². The lowest BCUT2D eigenvalue weighted by Crippen LogP contribution is -2.74. The molecule has 8 aromatic carbocycles. The summed E-state index contributed by atoms with van der Waals surface area (Å²) in [5, 5.41) is 8.03. The van der Waals surface area contributed by atoms with Crippen molar-refractivity contribution in [1.82, 2.24) is 4.57 Å². The maximum absolute atomic E-state index is 2.81. The third-order valence-corrected chi connectivity index (χ3v) is 16.5. The second-order valence-corrected chi connectivity index (χ2v) is 18.7. The van der Waals surface area contributed by atoms with Gasteiger partial charge in [-0.25, -0.2) is 0 Å². The molecule has 0 bridgehead atoms. The van der Waals surface area contributed by atoms with Crippen LogP contribution in [0.1, 0.15) is 25.0 Å². The molecule has 1 aliphatic rings. The van der Waals surface area contributed by atoms with Gasteiger partial charge in [0.05, 0.1) is 11.0 Å². The van der Waals surface area contributed by atoms with Gasteiger partial charge in [-0.3, -0.25) is 0 Å². The van der Waals surface area contributed by atoms with Crippen molar-refractivity contribution in [3.8, 4) is 27.9 Å². The van der Waals surface area contributed by atoms with Gasteiger partial charge in [-0.2, -0.15) is 0 Å². The Morgan fingerprint density at radius 2 is 0.906 bits per heavy atom. The average Bonchev–Trinajstić information content (AvgIpc) is 3.67. The Kier molecular flexibility index (Phi) is 7.25. The van der Waals surface area contributed by atoms with Crippen LogP contribution in [0.25, 0.3) is 49.7 Å². The van der Waals surface area contributed by atoms with E-state index >= 15 is 0 Å². The Balaban J connectivity index is 1.19. The Morgan fingerprint density at radius 3 is 1.62 bits per heavy atom. The molecule has 252 valence electrons. The van der Waals surface area contributed by atoms with Crippen molar-refractivity contribution >= 4 is 50.6 Å². The number of benzene rings is 8. The van der Waals surface area contributed by atoms with Gasteiger partial charge in [0.25, 0.3) is 0 Å². The van der Waals surface area contributed by atoms with E-state index in [1.807, 2.05) is 0 Å². The molecule has 1 nitrogen and oxygen atoms in total. The van der Waals surface area contributed by atoms with E-state index in [4.69, 9.17) is 0 Å². The van der Waals surface area contributed by atoms with Crippen LogP contribution in [-0.2, 0) is 5.41 Å². The lowest BCUT2D eigenvalue weighted by Gasteiger charge is -2.34. The molecule has 9 aromatic rings. The highest BCUT2D eigenvalue weighted by molar-refractivity contribution is 7.20. The summed E-state index contributed by atoms with van der Waals surface area (Å²) in [5.74, 6) is 0. The minimum absolute atomic E-state index is 0.0363. The zero-order chi connectivity index (χ0) is 35.6. The molecule has 0 atom stereocenters. The molecule has 0 amide bonds. The van der Waals surface area contributed by atoms with Crippen molar-refractivity contribution in [3.63, 3.8) is 0 Å². The van der Waals surface area contributed by atoms with E-state index in [1.54, 1.807) is 0 Å². The summed E-state index contributed by atoms with van der Waals surface area (Å²) in [6.45, 7) is 4.72. The highest BCUT2D eigenvalue weighted by atomic mass is 28.3. The molecule has 0 spiro atoms. The Morgan fingerprint density at radius 1 is 0.377 bits per heavy atom. The minimum atomic E-state index is -2.81. The Labute approximate surface area is 312 Å². The lowest BCUT2D eigenvalue weighted by molar-refractivity contribution is 0.660. The molecule has 0 radical (unpaired) electrons. The van der Waals surface area contributed by atoms with Gasteiger partial charge in [0.15, 0.2) is 8.07 Å². The average molecular weight is 694 g/mol. The normalized spacial score (nSPS) is 13.2. The molecule has 1 heterocycles. The van der Waals surface area contributed by atoms with Crippen molar-refractivity contribution in [1.29, 1.82) is 0 Å². The van der Waals surface area contributed by atoms with Crippen LogP contribution in [0.2, 0.25) is 0 Å². The smallest absolute Gasteiger partial charge is 0.179 e.